The predicted octanol–water partition coefficient (Wildman–Crippen LogP) is 3.13. The van der Waals surface area contributed by atoms with Crippen molar-refractivity contribution in [1.82, 2.24) is 19.3 Å². The van der Waals surface area contributed by atoms with Gasteiger partial charge in [0, 0.05) is 36.6 Å². The molecule has 0 spiro atoms. The molecule has 1 fully saturated rings. The van der Waals surface area contributed by atoms with Crippen LogP contribution in [0.15, 0.2) is 71.9 Å². The van der Waals surface area contributed by atoms with Gasteiger partial charge in [0.15, 0.2) is 0 Å². The molecule has 188 valence electrons. The molecule has 2 aromatic heterocycles. The summed E-state index contributed by atoms with van der Waals surface area (Å²) in [5, 5.41) is 4.13. The average Bonchev–Trinajstić information content (AvgIpc) is 3.40. The Morgan fingerprint density at radius 1 is 1.08 bits per heavy atom. The molecule has 1 aliphatic rings. The number of hydrogen-bond donors (Lipinski definition) is 1. The summed E-state index contributed by atoms with van der Waals surface area (Å²) < 4.78 is 2.76. The molecule has 0 unspecified atom stereocenters. The summed E-state index contributed by atoms with van der Waals surface area (Å²) >= 11 is 0. The monoisotopic (exact) mass is 497 g/mol. The first-order chi connectivity index (χ1) is 17.8. The first kappa shape index (κ1) is 24.0. The molecule has 2 N–H and O–H groups in total. The minimum atomic E-state index is -0.542. The van der Waals surface area contributed by atoms with Crippen molar-refractivity contribution in [2.24, 2.45) is 12.8 Å². The zero-order valence-electron chi connectivity index (χ0n) is 20.8. The van der Waals surface area contributed by atoms with Crippen LogP contribution in [-0.2, 0) is 13.5 Å². The Morgan fingerprint density at radius 3 is 2.49 bits per heavy atom. The van der Waals surface area contributed by atoms with Gasteiger partial charge in [-0.15, -0.1) is 0 Å². The van der Waals surface area contributed by atoms with Gasteiger partial charge in [-0.05, 0) is 60.9 Å². The van der Waals surface area contributed by atoms with Crippen molar-refractivity contribution in [3.63, 3.8) is 0 Å². The third-order valence-electron chi connectivity index (χ3n) is 6.62. The van der Waals surface area contributed by atoms with Crippen LogP contribution in [0.2, 0.25) is 0 Å². The first-order valence-electron chi connectivity index (χ1n) is 12.0. The number of carbonyl (C=O) groups excluding carboxylic acids is 2. The number of aryl methyl sites for hydroxylation is 1. The van der Waals surface area contributed by atoms with Crippen LogP contribution in [0.4, 0.5) is 16.3 Å². The number of rotatable bonds is 6. The zero-order chi connectivity index (χ0) is 26.3. The minimum absolute atomic E-state index is 0.137. The Kier molecular flexibility index (Phi) is 6.08. The third kappa shape index (κ3) is 4.16. The second-order valence-corrected chi connectivity index (χ2v) is 9.02. The Morgan fingerprint density at radius 2 is 1.84 bits per heavy atom. The second kappa shape index (κ2) is 9.38. The van der Waals surface area contributed by atoms with Crippen LogP contribution in [0.25, 0.3) is 16.8 Å². The van der Waals surface area contributed by atoms with Crippen molar-refractivity contribution in [2.45, 2.75) is 26.3 Å². The van der Waals surface area contributed by atoms with E-state index in [1.54, 1.807) is 47.3 Å². The number of primary amides is 1. The first-order valence-corrected chi connectivity index (χ1v) is 12.0. The lowest BCUT2D eigenvalue weighted by Crippen LogP contribution is -2.34. The SMILES string of the molecule is CCc1c(-c2ccc(-n3ncn(C)c3=O)cc2)ccnc1N1C[C@H](C)N(c2cccc(C(N)=O)c2)C1=O. The maximum absolute atomic E-state index is 13.6. The molecule has 0 radical (unpaired) electrons. The van der Waals surface area contributed by atoms with Crippen molar-refractivity contribution in [3.05, 3.63) is 88.7 Å². The predicted molar refractivity (Wildman–Crippen MR) is 141 cm³/mol. The Labute approximate surface area is 213 Å². The highest BCUT2D eigenvalue weighted by Crippen LogP contribution is 2.35. The normalized spacial score (nSPS) is 15.4. The number of aromatic nitrogens is 4. The number of benzene rings is 2. The van der Waals surface area contributed by atoms with Gasteiger partial charge in [-0.3, -0.25) is 19.2 Å². The summed E-state index contributed by atoms with van der Waals surface area (Å²) in [4.78, 5) is 45.5. The zero-order valence-corrected chi connectivity index (χ0v) is 20.8. The van der Waals surface area contributed by atoms with E-state index in [1.165, 1.54) is 15.6 Å². The van der Waals surface area contributed by atoms with Gasteiger partial charge in [0.25, 0.3) is 0 Å². The lowest BCUT2D eigenvalue weighted by atomic mass is 9.98. The van der Waals surface area contributed by atoms with Gasteiger partial charge in [-0.2, -0.15) is 9.78 Å². The Balaban J connectivity index is 1.49. The highest BCUT2D eigenvalue weighted by atomic mass is 16.2. The quantitative estimate of drug-likeness (QED) is 0.439. The molecule has 1 saturated heterocycles. The molecule has 1 atom stereocenters. The Bertz CT molecular complexity index is 1550. The van der Waals surface area contributed by atoms with Gasteiger partial charge >= 0.3 is 11.7 Å². The van der Waals surface area contributed by atoms with Crippen molar-refractivity contribution >= 4 is 23.4 Å². The van der Waals surface area contributed by atoms with E-state index in [4.69, 9.17) is 5.73 Å². The van der Waals surface area contributed by atoms with Crippen LogP contribution in [0.5, 0.6) is 0 Å². The van der Waals surface area contributed by atoms with Crippen LogP contribution in [0, 0.1) is 0 Å². The van der Waals surface area contributed by atoms with Crippen LogP contribution in [0.1, 0.15) is 29.8 Å². The topological polar surface area (TPSA) is 119 Å². The van der Waals surface area contributed by atoms with Gasteiger partial charge < -0.3 is 5.73 Å². The van der Waals surface area contributed by atoms with Crippen molar-refractivity contribution in [2.75, 3.05) is 16.3 Å². The van der Waals surface area contributed by atoms with Gasteiger partial charge in [-0.25, -0.2) is 14.6 Å². The molecule has 4 aromatic rings. The van der Waals surface area contributed by atoms with E-state index in [9.17, 15) is 14.4 Å². The molecule has 5 rings (SSSR count). The summed E-state index contributed by atoms with van der Waals surface area (Å²) in [6.07, 6.45) is 3.84. The third-order valence-corrected chi connectivity index (χ3v) is 6.62. The van der Waals surface area contributed by atoms with E-state index in [1.807, 2.05) is 44.2 Å². The van der Waals surface area contributed by atoms with Crippen molar-refractivity contribution < 1.29 is 9.59 Å². The van der Waals surface area contributed by atoms with E-state index in [0.717, 1.165) is 16.7 Å². The summed E-state index contributed by atoms with van der Waals surface area (Å²) in [5.41, 5.74) is 9.70. The summed E-state index contributed by atoms with van der Waals surface area (Å²) in [7, 11) is 1.66. The number of nitrogens with zero attached hydrogens (tertiary/aromatic N) is 6. The van der Waals surface area contributed by atoms with Crippen LogP contribution >= 0.6 is 0 Å². The molecule has 1 aliphatic heterocycles. The Hall–Kier alpha value is -4.73. The van der Waals surface area contributed by atoms with E-state index in [2.05, 4.69) is 10.1 Å². The van der Waals surface area contributed by atoms with Crippen LogP contribution < -0.4 is 21.2 Å². The largest absolute Gasteiger partial charge is 0.366 e. The molecule has 0 aliphatic carbocycles. The standard InChI is InChI=1S/C27H27N7O3/c1-4-22-23(18-8-10-20(11-9-18)34-26(36)31(3)16-30-34)12-13-29-25(22)32-15-17(2)33(27(32)37)21-7-5-6-19(14-21)24(28)35/h5-14,16-17H,4,15H2,1-3H3,(H2,28,35)/t17-/m0/s1. The lowest BCUT2D eigenvalue weighted by Gasteiger charge is -2.22. The van der Waals surface area contributed by atoms with Crippen LogP contribution in [-0.4, -0.2) is 43.9 Å². The summed E-state index contributed by atoms with van der Waals surface area (Å²) in [6.45, 7) is 4.44. The fourth-order valence-electron chi connectivity index (χ4n) is 4.76. The highest BCUT2D eigenvalue weighted by molar-refractivity contribution is 6.07. The molecular weight excluding hydrogens is 470 g/mol. The molecule has 3 heterocycles. The number of pyridine rings is 1. The molecule has 0 saturated carbocycles. The number of amides is 3. The maximum atomic E-state index is 13.6. The van der Waals surface area contributed by atoms with Gasteiger partial charge in [-0.1, -0.05) is 25.1 Å². The van der Waals surface area contributed by atoms with Gasteiger partial charge in [0.1, 0.15) is 12.1 Å². The lowest BCUT2D eigenvalue weighted by molar-refractivity contribution is 0.1000. The maximum Gasteiger partial charge on any atom is 0.350 e. The summed E-state index contributed by atoms with van der Waals surface area (Å²) in [6, 6.07) is 15.9. The molecular formula is C27H27N7O3. The van der Waals surface area contributed by atoms with E-state index >= 15 is 0 Å². The number of anilines is 2. The smallest absolute Gasteiger partial charge is 0.350 e. The second-order valence-electron chi connectivity index (χ2n) is 9.02. The van der Waals surface area contributed by atoms with E-state index < -0.39 is 5.91 Å². The van der Waals surface area contributed by atoms with Crippen molar-refractivity contribution in [3.8, 4) is 16.8 Å². The average molecular weight is 498 g/mol. The fraction of sp³-hybridized carbons (Fsp3) is 0.222. The highest BCUT2D eigenvalue weighted by Gasteiger charge is 2.38. The van der Waals surface area contributed by atoms with Gasteiger partial charge in [0.2, 0.25) is 5.91 Å². The molecule has 2 aromatic carbocycles. The number of urea groups is 1. The molecule has 0 bridgehead atoms. The molecule has 10 nitrogen and oxygen atoms in total. The number of carbonyl (C=O) groups is 2. The fourth-order valence-corrected chi connectivity index (χ4v) is 4.76. The minimum Gasteiger partial charge on any atom is -0.366 e. The summed E-state index contributed by atoms with van der Waals surface area (Å²) in [5.74, 6) is 0.0648. The molecule has 10 heteroatoms. The van der Waals surface area contributed by atoms with E-state index in [-0.39, 0.29) is 17.8 Å². The molecule has 37 heavy (non-hydrogen) atoms. The van der Waals surface area contributed by atoms with Gasteiger partial charge in [0.05, 0.1) is 11.7 Å². The van der Waals surface area contributed by atoms with Crippen LogP contribution in [0.3, 0.4) is 0 Å². The number of hydrogen-bond acceptors (Lipinski definition) is 5. The molecule has 3 amide bonds. The van der Waals surface area contributed by atoms with Crippen molar-refractivity contribution in [1.29, 1.82) is 0 Å². The van der Waals surface area contributed by atoms with E-state index in [0.29, 0.717) is 35.7 Å². The number of nitrogens with two attached hydrogens (primary N) is 1.